The van der Waals surface area contributed by atoms with Gasteiger partial charge in [0.1, 0.15) is 17.6 Å². The molecule has 1 fully saturated rings. The van der Waals surface area contributed by atoms with Crippen molar-refractivity contribution in [3.63, 3.8) is 0 Å². The molecule has 0 aliphatic carbocycles. The zero-order valence-electron chi connectivity index (χ0n) is 15.2. The first-order valence-electron chi connectivity index (χ1n) is 8.64. The van der Waals surface area contributed by atoms with E-state index in [2.05, 4.69) is 15.6 Å². The Kier molecular flexibility index (Phi) is 5.09. The molecule has 8 nitrogen and oxygen atoms in total. The Morgan fingerprint density at radius 3 is 2.59 bits per heavy atom. The molecule has 0 saturated carbocycles. The van der Waals surface area contributed by atoms with Gasteiger partial charge < -0.3 is 15.3 Å². The monoisotopic (exact) mass is 381 g/mol. The highest BCUT2D eigenvalue weighted by atomic mass is 19.2. The van der Waals surface area contributed by atoms with Crippen LogP contribution >= 0.6 is 0 Å². The summed E-state index contributed by atoms with van der Waals surface area (Å²) in [6, 6.07) is 0.172. The van der Waals surface area contributed by atoms with Crippen LogP contribution in [0.4, 0.5) is 8.78 Å². The van der Waals surface area contributed by atoms with Crippen molar-refractivity contribution in [2.45, 2.75) is 38.5 Å². The van der Waals surface area contributed by atoms with E-state index >= 15 is 0 Å². The van der Waals surface area contributed by atoms with Crippen LogP contribution in [0.5, 0.6) is 0 Å². The molecule has 2 amide bonds. The molecule has 3 rings (SSSR count). The third kappa shape index (κ3) is 3.36. The van der Waals surface area contributed by atoms with Crippen molar-refractivity contribution in [2.75, 3.05) is 13.6 Å². The second-order valence-electron chi connectivity index (χ2n) is 6.99. The van der Waals surface area contributed by atoms with E-state index in [4.69, 9.17) is 0 Å². The average Bonchev–Trinajstić information content (AvgIpc) is 3.18. The number of aliphatic hydroxyl groups is 1. The summed E-state index contributed by atoms with van der Waals surface area (Å²) >= 11 is 0. The van der Waals surface area contributed by atoms with Crippen LogP contribution in [0.3, 0.4) is 0 Å². The molecule has 1 aromatic heterocycles. The smallest absolute Gasteiger partial charge is 0.248 e. The lowest BCUT2D eigenvalue weighted by Gasteiger charge is -2.29. The predicted molar refractivity (Wildman–Crippen MR) is 91.5 cm³/mol. The number of carbonyl (C=O) groups excluding carboxylic acids is 2. The molecule has 10 heteroatoms. The number of carbonyl (C=O) groups is 2. The molecule has 2 N–H and O–H groups in total. The maximum absolute atomic E-state index is 13.7. The minimum Gasteiger partial charge on any atom is -0.391 e. The lowest BCUT2D eigenvalue weighted by molar-refractivity contribution is -0.142. The number of β-amino-alcohol motifs (C(OH)–C–C–N with tert-alkyl or cyclic N) is 1. The summed E-state index contributed by atoms with van der Waals surface area (Å²) < 4.78 is 28.4. The van der Waals surface area contributed by atoms with Crippen LogP contribution in [0, 0.1) is 17.6 Å². The summed E-state index contributed by atoms with van der Waals surface area (Å²) in [6.07, 6.45) is -0.683. The maximum Gasteiger partial charge on any atom is 0.248 e. The van der Waals surface area contributed by atoms with Gasteiger partial charge in [-0.3, -0.25) is 9.59 Å². The number of hydrogen-bond acceptors (Lipinski definition) is 5. The van der Waals surface area contributed by atoms with Crippen molar-refractivity contribution >= 4 is 22.8 Å². The molecule has 3 atom stereocenters. The first-order valence-corrected chi connectivity index (χ1v) is 8.64. The molecule has 1 saturated heterocycles. The Balaban J connectivity index is 2.02. The third-order valence-corrected chi connectivity index (χ3v) is 4.77. The molecule has 0 bridgehead atoms. The van der Waals surface area contributed by atoms with E-state index < -0.39 is 35.7 Å². The van der Waals surface area contributed by atoms with E-state index in [1.807, 2.05) is 0 Å². The van der Waals surface area contributed by atoms with Gasteiger partial charge in [-0.25, -0.2) is 13.5 Å². The summed E-state index contributed by atoms with van der Waals surface area (Å²) in [5, 5.41) is 20.2. The fourth-order valence-electron chi connectivity index (χ4n) is 3.45. The Morgan fingerprint density at radius 2 is 1.96 bits per heavy atom. The Bertz CT molecular complexity index is 885. The van der Waals surface area contributed by atoms with Crippen molar-refractivity contribution in [3.05, 3.63) is 23.8 Å². The van der Waals surface area contributed by atoms with E-state index in [9.17, 15) is 23.5 Å². The third-order valence-electron chi connectivity index (χ3n) is 4.77. The number of aromatic nitrogens is 3. The number of likely N-dealkylation sites (N-methyl/N-ethyl adjacent to an activating group) is 1. The number of benzene rings is 1. The summed E-state index contributed by atoms with van der Waals surface area (Å²) in [6.45, 7) is 3.56. The second-order valence-corrected chi connectivity index (χ2v) is 6.99. The van der Waals surface area contributed by atoms with Crippen LogP contribution in [-0.4, -0.2) is 62.6 Å². The van der Waals surface area contributed by atoms with Gasteiger partial charge in [0, 0.05) is 32.1 Å². The molecule has 146 valence electrons. The van der Waals surface area contributed by atoms with Gasteiger partial charge in [0.15, 0.2) is 11.6 Å². The van der Waals surface area contributed by atoms with Gasteiger partial charge in [0.25, 0.3) is 0 Å². The van der Waals surface area contributed by atoms with Crippen LogP contribution in [-0.2, 0) is 9.59 Å². The molecular formula is C17H21F2N5O3. The Hall–Kier alpha value is -2.62. The van der Waals surface area contributed by atoms with E-state index in [1.165, 1.54) is 16.6 Å². The molecular weight excluding hydrogens is 360 g/mol. The van der Waals surface area contributed by atoms with E-state index in [1.54, 1.807) is 13.8 Å². The summed E-state index contributed by atoms with van der Waals surface area (Å²) in [4.78, 5) is 26.6. The number of nitrogens with one attached hydrogen (secondary N) is 1. The highest BCUT2D eigenvalue weighted by Gasteiger charge is 2.42. The highest BCUT2D eigenvalue weighted by Crippen LogP contribution is 2.29. The molecule has 1 aromatic carbocycles. The molecule has 0 unspecified atom stereocenters. The van der Waals surface area contributed by atoms with Crippen LogP contribution in [0.2, 0.25) is 0 Å². The molecule has 27 heavy (non-hydrogen) atoms. The Morgan fingerprint density at radius 1 is 1.30 bits per heavy atom. The van der Waals surface area contributed by atoms with Crippen molar-refractivity contribution < 1.29 is 23.5 Å². The fraction of sp³-hybridized carbons (Fsp3) is 0.529. The quantitative estimate of drug-likeness (QED) is 0.809. The zero-order valence-corrected chi connectivity index (χ0v) is 15.2. The van der Waals surface area contributed by atoms with Crippen LogP contribution < -0.4 is 5.32 Å². The number of halogens is 2. The minimum absolute atomic E-state index is 0.00968. The SMILES string of the molecule is CNC(=O)[C@@H]1C[C@@H](O)CN1C(=O)[C@@H](C(C)C)n1nnc2cc(F)c(F)cc21. The summed E-state index contributed by atoms with van der Waals surface area (Å²) in [5.41, 5.74) is 0.300. The van der Waals surface area contributed by atoms with Gasteiger partial charge in [0.2, 0.25) is 11.8 Å². The highest BCUT2D eigenvalue weighted by molar-refractivity contribution is 5.90. The molecule has 2 heterocycles. The van der Waals surface area contributed by atoms with Gasteiger partial charge in [-0.05, 0) is 5.92 Å². The largest absolute Gasteiger partial charge is 0.391 e. The summed E-state index contributed by atoms with van der Waals surface area (Å²) in [5.74, 6) is -3.21. The number of aliphatic hydroxyl groups excluding tert-OH is 1. The van der Waals surface area contributed by atoms with E-state index in [0.717, 1.165) is 12.1 Å². The summed E-state index contributed by atoms with van der Waals surface area (Å²) in [7, 11) is 1.46. The number of likely N-dealkylation sites (tertiary alicyclic amines) is 1. The van der Waals surface area contributed by atoms with Gasteiger partial charge in [-0.2, -0.15) is 0 Å². The van der Waals surface area contributed by atoms with Crippen LogP contribution in [0.1, 0.15) is 26.3 Å². The van der Waals surface area contributed by atoms with Gasteiger partial charge in [0.05, 0.1) is 11.6 Å². The van der Waals surface area contributed by atoms with Crippen molar-refractivity contribution in [2.24, 2.45) is 5.92 Å². The van der Waals surface area contributed by atoms with Gasteiger partial charge >= 0.3 is 0 Å². The second kappa shape index (κ2) is 7.18. The number of amides is 2. The van der Waals surface area contributed by atoms with Crippen molar-refractivity contribution in [1.29, 1.82) is 0 Å². The number of fused-ring (bicyclic) bond motifs is 1. The fourth-order valence-corrected chi connectivity index (χ4v) is 3.45. The van der Waals surface area contributed by atoms with Gasteiger partial charge in [-0.1, -0.05) is 19.1 Å². The number of rotatable bonds is 4. The first-order chi connectivity index (χ1) is 12.7. The average molecular weight is 381 g/mol. The normalized spacial score (nSPS) is 21.1. The van der Waals surface area contributed by atoms with Crippen molar-refractivity contribution in [1.82, 2.24) is 25.2 Å². The standard InChI is InChI=1S/C17H21F2N5O3/c1-8(2)15(17(27)23-7-9(25)4-14(23)16(26)20-3)24-13-6-11(19)10(18)5-12(13)21-22-24/h5-6,8-9,14-15,25H,4,7H2,1-3H3,(H,20,26)/t9-,14+,15-/m1/s1. The zero-order chi connectivity index (χ0) is 19.9. The predicted octanol–water partition coefficient (Wildman–Crippen LogP) is 0.614. The van der Waals surface area contributed by atoms with Gasteiger partial charge in [-0.15, -0.1) is 5.10 Å². The van der Waals surface area contributed by atoms with E-state index in [-0.39, 0.29) is 35.8 Å². The minimum atomic E-state index is -1.07. The van der Waals surface area contributed by atoms with Crippen molar-refractivity contribution in [3.8, 4) is 0 Å². The van der Waals surface area contributed by atoms with Crippen LogP contribution in [0.15, 0.2) is 12.1 Å². The number of hydrogen-bond donors (Lipinski definition) is 2. The number of nitrogens with zero attached hydrogens (tertiary/aromatic N) is 4. The molecule has 0 radical (unpaired) electrons. The lowest BCUT2D eigenvalue weighted by Crippen LogP contribution is -2.48. The maximum atomic E-state index is 13.7. The topological polar surface area (TPSA) is 100 Å². The Labute approximate surface area is 154 Å². The van der Waals surface area contributed by atoms with Crippen LogP contribution in [0.25, 0.3) is 11.0 Å². The lowest BCUT2D eigenvalue weighted by atomic mass is 10.0. The molecule has 0 spiro atoms. The molecule has 1 aliphatic rings. The van der Waals surface area contributed by atoms with E-state index in [0.29, 0.717) is 0 Å². The molecule has 1 aliphatic heterocycles. The molecule has 2 aromatic rings. The first kappa shape index (κ1) is 19.2.